The number of benzene rings is 2. The molecule has 0 spiro atoms. The van der Waals surface area contributed by atoms with Gasteiger partial charge in [0, 0.05) is 5.69 Å². The van der Waals surface area contributed by atoms with E-state index in [-0.39, 0.29) is 42.1 Å². The number of anilines is 1. The van der Waals surface area contributed by atoms with Crippen LogP contribution in [0.2, 0.25) is 10.0 Å². The van der Waals surface area contributed by atoms with Gasteiger partial charge in [0.2, 0.25) is 0 Å². The smallest absolute Gasteiger partial charge is 0.325 e. The van der Waals surface area contributed by atoms with E-state index in [1.165, 1.54) is 4.90 Å². The fourth-order valence-corrected chi connectivity index (χ4v) is 3.56. The molecule has 0 saturated carbocycles. The minimum atomic E-state index is -0.491. The van der Waals surface area contributed by atoms with Crippen LogP contribution in [0.25, 0.3) is 0 Å². The molecule has 2 rings (SSSR count). The molecule has 0 heterocycles. The first-order valence-corrected chi connectivity index (χ1v) is 11.0. The van der Waals surface area contributed by atoms with E-state index in [0.717, 1.165) is 17.7 Å². The number of hydrogen-bond donors (Lipinski definition) is 0. The van der Waals surface area contributed by atoms with Crippen LogP contribution in [-0.4, -0.2) is 45.4 Å². The van der Waals surface area contributed by atoms with Gasteiger partial charge < -0.3 is 23.8 Å². The molecular formula is C23H27Cl2NO6. The van der Waals surface area contributed by atoms with E-state index < -0.39 is 11.9 Å². The van der Waals surface area contributed by atoms with Gasteiger partial charge in [-0.05, 0) is 56.2 Å². The highest BCUT2D eigenvalue weighted by molar-refractivity contribution is 6.37. The van der Waals surface area contributed by atoms with Crippen molar-refractivity contribution in [2.75, 3.05) is 38.3 Å². The lowest BCUT2D eigenvalue weighted by Gasteiger charge is -2.24. The van der Waals surface area contributed by atoms with Crippen molar-refractivity contribution in [1.29, 1.82) is 0 Å². The molecule has 2 aromatic rings. The highest BCUT2D eigenvalue weighted by Gasteiger charge is 2.20. The maximum atomic E-state index is 12.0. The highest BCUT2D eigenvalue weighted by Crippen LogP contribution is 2.40. The zero-order valence-corrected chi connectivity index (χ0v) is 20.1. The summed E-state index contributed by atoms with van der Waals surface area (Å²) in [5.41, 5.74) is 1.43. The second kappa shape index (κ2) is 12.4. The predicted octanol–water partition coefficient (Wildman–Crippen LogP) is 5.29. The van der Waals surface area contributed by atoms with Crippen LogP contribution in [0.1, 0.15) is 26.3 Å². The lowest BCUT2D eigenvalue weighted by atomic mass is 10.1. The second-order valence-electron chi connectivity index (χ2n) is 6.63. The molecule has 32 heavy (non-hydrogen) atoms. The van der Waals surface area contributed by atoms with Crippen LogP contribution in [0.3, 0.4) is 0 Å². The zero-order chi connectivity index (χ0) is 23.7. The monoisotopic (exact) mass is 483 g/mol. The largest absolute Gasteiger partial charge is 0.496 e. The average molecular weight is 484 g/mol. The van der Waals surface area contributed by atoms with E-state index in [0.29, 0.717) is 11.4 Å². The molecule has 0 aliphatic heterocycles. The summed E-state index contributed by atoms with van der Waals surface area (Å²) in [6.45, 7) is 5.53. The van der Waals surface area contributed by atoms with E-state index in [2.05, 4.69) is 0 Å². The third-order valence-corrected chi connectivity index (χ3v) is 5.01. The van der Waals surface area contributed by atoms with Crippen molar-refractivity contribution < 1.29 is 28.5 Å². The number of aryl methyl sites for hydroxylation is 1. The summed E-state index contributed by atoms with van der Waals surface area (Å²) in [4.78, 5) is 25.6. The molecule has 0 bridgehead atoms. The molecule has 0 aliphatic carbocycles. The van der Waals surface area contributed by atoms with Crippen molar-refractivity contribution in [3.05, 3.63) is 45.9 Å². The van der Waals surface area contributed by atoms with Crippen LogP contribution in [0.15, 0.2) is 30.3 Å². The third-order valence-electron chi connectivity index (χ3n) is 4.45. The molecule has 0 N–H and O–H groups in total. The molecular weight excluding hydrogens is 457 g/mol. The van der Waals surface area contributed by atoms with Crippen molar-refractivity contribution >= 4 is 40.8 Å². The standard InChI is InChI=1S/C23H27Cl2NO6/c1-5-15-10-17(8-9-20(15)29-4)32-23-18(24)11-16(12-19(23)25)26(13-21(27)30-6-2)14-22(28)31-7-3/h8-12H,5-7,13-14H2,1-4H3. The Hall–Kier alpha value is -2.64. The number of methoxy groups -OCH3 is 1. The molecule has 0 saturated heterocycles. The first-order valence-electron chi connectivity index (χ1n) is 10.2. The number of halogens is 2. The topological polar surface area (TPSA) is 74.3 Å². The molecule has 0 fully saturated rings. The Morgan fingerprint density at radius 3 is 1.94 bits per heavy atom. The number of rotatable bonds is 11. The van der Waals surface area contributed by atoms with Crippen molar-refractivity contribution in [3.63, 3.8) is 0 Å². The number of carbonyl (C=O) groups excluding carboxylic acids is 2. The Bertz CT molecular complexity index is 907. The van der Waals surface area contributed by atoms with Gasteiger partial charge in [0.1, 0.15) is 24.6 Å². The van der Waals surface area contributed by atoms with Gasteiger partial charge in [-0.2, -0.15) is 0 Å². The van der Waals surface area contributed by atoms with Gasteiger partial charge in [-0.15, -0.1) is 0 Å². The van der Waals surface area contributed by atoms with Crippen molar-refractivity contribution in [1.82, 2.24) is 0 Å². The molecule has 2 aromatic carbocycles. The summed E-state index contributed by atoms with van der Waals surface area (Å²) in [5.74, 6) is 0.594. The number of esters is 2. The fourth-order valence-electron chi connectivity index (χ4n) is 3.00. The van der Waals surface area contributed by atoms with E-state index >= 15 is 0 Å². The molecule has 0 radical (unpaired) electrons. The van der Waals surface area contributed by atoms with Crippen LogP contribution in [0.4, 0.5) is 5.69 Å². The molecule has 9 heteroatoms. The summed E-state index contributed by atoms with van der Waals surface area (Å²) >= 11 is 12.9. The van der Waals surface area contributed by atoms with Gasteiger partial charge in [-0.3, -0.25) is 9.59 Å². The van der Waals surface area contributed by atoms with Crippen LogP contribution in [-0.2, 0) is 25.5 Å². The Balaban J connectivity index is 2.33. The number of nitrogens with zero attached hydrogens (tertiary/aromatic N) is 1. The third kappa shape index (κ3) is 6.93. The summed E-state index contributed by atoms with van der Waals surface area (Å²) in [5, 5.41) is 0.443. The van der Waals surface area contributed by atoms with Gasteiger partial charge in [-0.25, -0.2) is 0 Å². The maximum Gasteiger partial charge on any atom is 0.325 e. The average Bonchev–Trinajstić information content (AvgIpc) is 2.75. The maximum absolute atomic E-state index is 12.0. The van der Waals surface area contributed by atoms with E-state index in [1.54, 1.807) is 39.2 Å². The number of carbonyl (C=O) groups is 2. The molecule has 7 nitrogen and oxygen atoms in total. The molecule has 0 atom stereocenters. The quantitative estimate of drug-likeness (QED) is 0.402. The van der Waals surface area contributed by atoms with E-state index in [4.69, 9.17) is 42.1 Å². The van der Waals surface area contributed by atoms with Gasteiger partial charge in [0.25, 0.3) is 0 Å². The second-order valence-corrected chi connectivity index (χ2v) is 7.45. The minimum absolute atomic E-state index is 0.169. The molecule has 174 valence electrons. The van der Waals surface area contributed by atoms with Crippen LogP contribution < -0.4 is 14.4 Å². The molecule has 0 unspecified atom stereocenters. The summed E-state index contributed by atoms with van der Waals surface area (Å²) in [7, 11) is 1.61. The molecule has 0 aliphatic rings. The summed E-state index contributed by atoms with van der Waals surface area (Å²) < 4.78 is 21.3. The van der Waals surface area contributed by atoms with Crippen LogP contribution in [0, 0.1) is 0 Å². The summed E-state index contributed by atoms with van der Waals surface area (Å²) in [6.07, 6.45) is 0.761. The van der Waals surface area contributed by atoms with E-state index in [9.17, 15) is 9.59 Å². The van der Waals surface area contributed by atoms with Crippen molar-refractivity contribution in [3.8, 4) is 17.2 Å². The lowest BCUT2D eigenvalue weighted by Crippen LogP contribution is -2.36. The van der Waals surface area contributed by atoms with Gasteiger partial charge in [0.15, 0.2) is 5.75 Å². The van der Waals surface area contributed by atoms with Crippen LogP contribution in [0.5, 0.6) is 17.2 Å². The fraction of sp³-hybridized carbons (Fsp3) is 0.391. The zero-order valence-electron chi connectivity index (χ0n) is 18.6. The van der Waals surface area contributed by atoms with Gasteiger partial charge >= 0.3 is 11.9 Å². The first kappa shape index (κ1) is 25.6. The normalized spacial score (nSPS) is 10.4. The highest BCUT2D eigenvalue weighted by atomic mass is 35.5. The van der Waals surface area contributed by atoms with Gasteiger partial charge in [-0.1, -0.05) is 30.1 Å². The minimum Gasteiger partial charge on any atom is -0.496 e. The molecule has 0 aromatic heterocycles. The lowest BCUT2D eigenvalue weighted by molar-refractivity contribution is -0.142. The number of ether oxygens (including phenoxy) is 4. The van der Waals surface area contributed by atoms with Crippen molar-refractivity contribution in [2.24, 2.45) is 0 Å². The Kier molecular flexibility index (Phi) is 9.94. The number of hydrogen-bond acceptors (Lipinski definition) is 7. The van der Waals surface area contributed by atoms with Crippen molar-refractivity contribution in [2.45, 2.75) is 27.2 Å². The van der Waals surface area contributed by atoms with Gasteiger partial charge in [0.05, 0.1) is 30.4 Å². The predicted molar refractivity (Wildman–Crippen MR) is 124 cm³/mol. The molecule has 0 amide bonds. The first-order chi connectivity index (χ1) is 15.3. The van der Waals surface area contributed by atoms with Crippen LogP contribution >= 0.6 is 23.2 Å². The Labute approximate surface area is 198 Å². The summed E-state index contributed by atoms with van der Waals surface area (Å²) in [6, 6.07) is 8.57. The Morgan fingerprint density at radius 1 is 0.906 bits per heavy atom. The SMILES string of the molecule is CCOC(=O)CN(CC(=O)OCC)c1cc(Cl)c(Oc2ccc(OC)c(CC)c2)c(Cl)c1. The van der Waals surface area contributed by atoms with E-state index in [1.807, 2.05) is 19.1 Å². The Morgan fingerprint density at radius 2 is 1.47 bits per heavy atom.